The van der Waals surface area contributed by atoms with Gasteiger partial charge in [-0.25, -0.2) is 4.99 Å². The molecule has 1 aliphatic heterocycles. The minimum absolute atomic E-state index is 0.202. The molecule has 1 aliphatic rings. The molecule has 1 heterocycles. The second-order valence-corrected chi connectivity index (χ2v) is 3.86. The third-order valence-electron chi connectivity index (χ3n) is 2.35. The molecule has 0 spiro atoms. The monoisotopic (exact) mass is 189 g/mol. The van der Waals surface area contributed by atoms with E-state index in [2.05, 4.69) is 31.0 Å². The number of hydrogen-bond donors (Lipinski definition) is 0. The third kappa shape index (κ3) is 1.79. The Morgan fingerprint density at radius 2 is 2.00 bits per heavy atom. The summed E-state index contributed by atoms with van der Waals surface area (Å²) in [5, 5.41) is 0. The van der Waals surface area contributed by atoms with Gasteiger partial charge >= 0.3 is 0 Å². The molecule has 0 fully saturated rings. The van der Waals surface area contributed by atoms with Crippen molar-refractivity contribution in [2.75, 3.05) is 6.61 Å². The molecule has 0 aliphatic carbocycles. The van der Waals surface area contributed by atoms with Crippen LogP contribution in [0.2, 0.25) is 0 Å². The van der Waals surface area contributed by atoms with Crippen LogP contribution in [0.4, 0.5) is 0 Å². The van der Waals surface area contributed by atoms with Gasteiger partial charge in [0.2, 0.25) is 0 Å². The van der Waals surface area contributed by atoms with Crippen molar-refractivity contribution in [1.82, 2.24) is 0 Å². The van der Waals surface area contributed by atoms with Crippen molar-refractivity contribution in [3.8, 4) is 0 Å². The van der Waals surface area contributed by atoms with Gasteiger partial charge in [0.15, 0.2) is 5.90 Å². The fourth-order valence-electron chi connectivity index (χ4n) is 1.55. The van der Waals surface area contributed by atoms with Crippen molar-refractivity contribution in [2.24, 2.45) is 10.9 Å². The summed E-state index contributed by atoms with van der Waals surface area (Å²) >= 11 is 0. The average Bonchev–Trinajstić information content (AvgIpc) is 2.68. The van der Waals surface area contributed by atoms with Gasteiger partial charge in [-0.05, 0) is 5.56 Å². The number of nitrogens with zero attached hydrogens (tertiary/aromatic N) is 1. The molecule has 2 nitrogen and oxygen atoms in total. The summed E-state index contributed by atoms with van der Waals surface area (Å²) in [6.45, 7) is 4.90. The highest BCUT2D eigenvalue weighted by Gasteiger charge is 2.21. The summed E-state index contributed by atoms with van der Waals surface area (Å²) in [6.07, 6.45) is 0. The molecular formula is C12H15NO. The molecule has 0 aromatic heterocycles. The molecule has 0 radical (unpaired) electrons. The van der Waals surface area contributed by atoms with Crippen molar-refractivity contribution in [3.05, 3.63) is 35.9 Å². The summed E-state index contributed by atoms with van der Waals surface area (Å²) in [6, 6.07) is 10.5. The highest BCUT2D eigenvalue weighted by molar-refractivity contribution is 5.79. The lowest BCUT2D eigenvalue weighted by Crippen LogP contribution is -2.06. The first kappa shape index (κ1) is 9.25. The van der Waals surface area contributed by atoms with Crippen molar-refractivity contribution < 1.29 is 4.74 Å². The third-order valence-corrected chi connectivity index (χ3v) is 2.35. The van der Waals surface area contributed by atoms with Crippen molar-refractivity contribution >= 4 is 5.90 Å². The Labute approximate surface area is 84.6 Å². The van der Waals surface area contributed by atoms with Crippen LogP contribution in [-0.2, 0) is 4.74 Å². The van der Waals surface area contributed by atoms with E-state index in [0.29, 0.717) is 12.5 Å². The predicted octanol–water partition coefficient (Wildman–Crippen LogP) is 2.81. The van der Waals surface area contributed by atoms with Gasteiger partial charge in [0, 0.05) is 5.92 Å². The SMILES string of the molecule is CC(C)C1=N[C@H](c2ccccc2)CO1. The van der Waals surface area contributed by atoms with Gasteiger partial charge in [-0.3, -0.25) is 0 Å². The first-order valence-corrected chi connectivity index (χ1v) is 5.03. The fourth-order valence-corrected chi connectivity index (χ4v) is 1.55. The zero-order valence-corrected chi connectivity index (χ0v) is 8.60. The lowest BCUT2D eigenvalue weighted by Gasteiger charge is -2.03. The quantitative estimate of drug-likeness (QED) is 0.701. The number of benzene rings is 1. The minimum atomic E-state index is 0.202. The molecule has 0 N–H and O–H groups in total. The van der Waals surface area contributed by atoms with Gasteiger partial charge in [-0.1, -0.05) is 44.2 Å². The Hall–Kier alpha value is -1.31. The second-order valence-electron chi connectivity index (χ2n) is 3.86. The molecule has 0 bridgehead atoms. The standard InChI is InChI=1S/C12H15NO/c1-9(2)12-13-11(8-14-12)10-6-4-3-5-7-10/h3-7,9,11H,8H2,1-2H3/t11-/m0/s1. The van der Waals surface area contributed by atoms with Gasteiger partial charge in [0.1, 0.15) is 12.6 Å². The molecule has 2 rings (SSSR count). The average molecular weight is 189 g/mol. The topological polar surface area (TPSA) is 21.6 Å². The maximum Gasteiger partial charge on any atom is 0.186 e. The van der Waals surface area contributed by atoms with E-state index in [1.54, 1.807) is 0 Å². The van der Waals surface area contributed by atoms with Crippen molar-refractivity contribution in [1.29, 1.82) is 0 Å². The van der Waals surface area contributed by atoms with E-state index in [1.165, 1.54) is 5.56 Å². The molecule has 14 heavy (non-hydrogen) atoms. The molecule has 1 aromatic carbocycles. The van der Waals surface area contributed by atoms with Crippen LogP contribution in [0.1, 0.15) is 25.5 Å². The van der Waals surface area contributed by atoms with Gasteiger partial charge in [0.25, 0.3) is 0 Å². The summed E-state index contributed by atoms with van der Waals surface area (Å²) < 4.78 is 5.53. The lowest BCUT2D eigenvalue weighted by atomic mass is 10.1. The number of ether oxygens (including phenoxy) is 1. The van der Waals surface area contributed by atoms with E-state index >= 15 is 0 Å². The zero-order chi connectivity index (χ0) is 9.97. The van der Waals surface area contributed by atoms with E-state index in [0.717, 1.165) is 5.90 Å². The summed E-state index contributed by atoms with van der Waals surface area (Å²) in [4.78, 5) is 4.55. The Morgan fingerprint density at radius 3 is 2.57 bits per heavy atom. The summed E-state index contributed by atoms with van der Waals surface area (Å²) in [5.74, 6) is 1.28. The van der Waals surface area contributed by atoms with Crippen LogP contribution >= 0.6 is 0 Å². The normalized spacial score (nSPS) is 20.8. The van der Waals surface area contributed by atoms with Crippen molar-refractivity contribution in [3.63, 3.8) is 0 Å². The van der Waals surface area contributed by atoms with Crippen LogP contribution < -0.4 is 0 Å². The molecule has 1 aromatic rings. The van der Waals surface area contributed by atoms with Crippen LogP contribution in [0, 0.1) is 5.92 Å². The molecule has 0 amide bonds. The molecule has 74 valence electrons. The van der Waals surface area contributed by atoms with Gasteiger partial charge in [0.05, 0.1) is 0 Å². The summed E-state index contributed by atoms with van der Waals surface area (Å²) in [5.41, 5.74) is 1.24. The Balaban J connectivity index is 2.16. The Bertz CT molecular complexity index is 329. The second kappa shape index (κ2) is 3.82. The molecule has 0 unspecified atom stereocenters. The Morgan fingerprint density at radius 1 is 1.29 bits per heavy atom. The number of hydrogen-bond acceptors (Lipinski definition) is 2. The van der Waals surface area contributed by atoms with Crippen LogP contribution in [-0.4, -0.2) is 12.5 Å². The van der Waals surface area contributed by atoms with Gasteiger partial charge in [-0.2, -0.15) is 0 Å². The van der Waals surface area contributed by atoms with E-state index in [4.69, 9.17) is 4.74 Å². The zero-order valence-electron chi connectivity index (χ0n) is 8.60. The fraction of sp³-hybridized carbons (Fsp3) is 0.417. The molecule has 2 heteroatoms. The first-order valence-electron chi connectivity index (χ1n) is 5.03. The van der Waals surface area contributed by atoms with E-state index in [1.807, 2.05) is 18.2 Å². The highest BCUT2D eigenvalue weighted by Crippen LogP contribution is 2.24. The van der Waals surface area contributed by atoms with Crippen LogP contribution in [0.3, 0.4) is 0 Å². The van der Waals surface area contributed by atoms with Gasteiger partial charge < -0.3 is 4.74 Å². The smallest absolute Gasteiger partial charge is 0.186 e. The molecular weight excluding hydrogens is 174 g/mol. The number of aliphatic imine (C=N–C) groups is 1. The Kier molecular flexibility index (Phi) is 2.53. The number of rotatable bonds is 2. The van der Waals surface area contributed by atoms with E-state index < -0.39 is 0 Å². The van der Waals surface area contributed by atoms with E-state index in [-0.39, 0.29) is 6.04 Å². The van der Waals surface area contributed by atoms with Crippen LogP contribution in [0.25, 0.3) is 0 Å². The van der Waals surface area contributed by atoms with Crippen molar-refractivity contribution in [2.45, 2.75) is 19.9 Å². The lowest BCUT2D eigenvalue weighted by molar-refractivity contribution is 0.303. The van der Waals surface area contributed by atoms with Crippen LogP contribution in [0.5, 0.6) is 0 Å². The first-order chi connectivity index (χ1) is 6.77. The molecule has 1 atom stereocenters. The van der Waals surface area contributed by atoms with Gasteiger partial charge in [-0.15, -0.1) is 0 Å². The largest absolute Gasteiger partial charge is 0.478 e. The maximum absolute atomic E-state index is 5.53. The minimum Gasteiger partial charge on any atom is -0.478 e. The summed E-state index contributed by atoms with van der Waals surface area (Å²) in [7, 11) is 0. The van der Waals surface area contributed by atoms with E-state index in [9.17, 15) is 0 Å². The molecule has 0 saturated carbocycles. The van der Waals surface area contributed by atoms with Crippen LogP contribution in [0.15, 0.2) is 35.3 Å². The maximum atomic E-state index is 5.53. The highest BCUT2D eigenvalue weighted by atomic mass is 16.5. The molecule has 0 saturated heterocycles. The predicted molar refractivity (Wildman–Crippen MR) is 57.4 cm³/mol.